The van der Waals surface area contributed by atoms with Gasteiger partial charge >= 0.3 is 0 Å². The van der Waals surface area contributed by atoms with Gasteiger partial charge in [0.1, 0.15) is 11.7 Å². The average molecular weight is 405 g/mol. The molecular weight excluding hydrogens is 380 g/mol. The van der Waals surface area contributed by atoms with Gasteiger partial charge in [-0.05, 0) is 48.9 Å². The largest absolute Gasteiger partial charge is 0.288 e. The summed E-state index contributed by atoms with van der Waals surface area (Å²) in [4.78, 5) is 2.39. The van der Waals surface area contributed by atoms with E-state index in [2.05, 4.69) is 34.9 Å². The number of aryl methyl sites for hydroxylation is 2. The molecule has 29 heavy (non-hydrogen) atoms. The van der Waals surface area contributed by atoms with Gasteiger partial charge in [-0.3, -0.25) is 21.5 Å². The molecule has 0 aliphatic carbocycles. The van der Waals surface area contributed by atoms with Gasteiger partial charge in [0.15, 0.2) is 12.4 Å². The monoisotopic (exact) mass is 404 g/mol. The Balaban J connectivity index is 2.01. The Hall–Kier alpha value is -3.29. The Morgan fingerprint density at radius 3 is 1.59 bits per heavy atom. The molecule has 6 nitrogen and oxygen atoms in total. The lowest BCUT2D eigenvalue weighted by atomic mass is 10.1. The number of rotatable bonds is 10. The molecule has 0 saturated heterocycles. The van der Waals surface area contributed by atoms with Crippen LogP contribution in [0.2, 0.25) is 0 Å². The molecule has 7 heteroatoms. The third kappa shape index (κ3) is 7.69. The van der Waals surface area contributed by atoms with E-state index in [1.807, 2.05) is 24.3 Å². The second-order valence-corrected chi connectivity index (χ2v) is 7.54. The fraction of sp³-hybridized carbons (Fsp3) is 0.273. The number of hydrogen-bond donors (Lipinski definition) is 4. The van der Waals surface area contributed by atoms with Crippen LogP contribution in [0.4, 0.5) is 0 Å². The summed E-state index contributed by atoms with van der Waals surface area (Å²) in [6.07, 6.45) is 7.97. The van der Waals surface area contributed by atoms with Gasteiger partial charge in [-0.25, -0.2) is 0 Å². The lowest BCUT2D eigenvalue weighted by Gasteiger charge is -2.12. The maximum Gasteiger partial charge on any atom is 0.182 e. The molecule has 0 atom stereocenters. The first-order chi connectivity index (χ1) is 14.1. The van der Waals surface area contributed by atoms with Crippen LogP contribution in [0.1, 0.15) is 36.8 Å². The molecule has 0 heterocycles. The summed E-state index contributed by atoms with van der Waals surface area (Å²) in [5.74, 6) is 0.499. The molecule has 148 valence electrons. The lowest BCUT2D eigenvalue weighted by Crippen LogP contribution is -2.16. The highest BCUT2D eigenvalue weighted by molar-refractivity contribution is 7.99. The van der Waals surface area contributed by atoms with E-state index in [9.17, 15) is 0 Å². The van der Waals surface area contributed by atoms with E-state index in [-0.39, 0.29) is 11.7 Å². The predicted molar refractivity (Wildman–Crippen MR) is 116 cm³/mol. The number of hydrogen-bond acceptors (Lipinski definition) is 5. The van der Waals surface area contributed by atoms with E-state index in [1.165, 1.54) is 20.9 Å². The topological polar surface area (TPSA) is 119 Å². The van der Waals surface area contributed by atoms with Crippen LogP contribution >= 0.6 is 11.8 Å². The van der Waals surface area contributed by atoms with Crippen molar-refractivity contribution < 1.29 is 0 Å². The summed E-state index contributed by atoms with van der Waals surface area (Å²) >= 11 is 1.74. The Labute approximate surface area is 176 Å². The van der Waals surface area contributed by atoms with Crippen LogP contribution in [0, 0.1) is 33.7 Å². The smallest absolute Gasteiger partial charge is 0.182 e. The van der Waals surface area contributed by atoms with Crippen LogP contribution in [0.3, 0.4) is 0 Å². The van der Waals surface area contributed by atoms with E-state index < -0.39 is 0 Å². The van der Waals surface area contributed by atoms with Crippen molar-refractivity contribution in [3.05, 3.63) is 59.7 Å². The number of nitrogens with zero attached hydrogens (tertiary/aromatic N) is 2. The van der Waals surface area contributed by atoms with Crippen molar-refractivity contribution in [2.45, 2.75) is 48.3 Å². The van der Waals surface area contributed by atoms with Gasteiger partial charge in [0.2, 0.25) is 0 Å². The normalized spacial score (nSPS) is 9.86. The SMILES string of the molecule is N#CNC(=N)CCCc1ccccc1Sc1ccccc1CCCC(=N)NC#N. The van der Waals surface area contributed by atoms with Gasteiger partial charge in [-0.15, -0.1) is 0 Å². The minimum atomic E-state index is 0.249. The van der Waals surface area contributed by atoms with Crippen LogP contribution < -0.4 is 10.6 Å². The van der Waals surface area contributed by atoms with Gasteiger partial charge in [0.25, 0.3) is 0 Å². The highest BCUT2D eigenvalue weighted by Gasteiger charge is 2.09. The molecule has 0 unspecified atom stereocenters. The standard InChI is InChI=1S/C22H24N6S/c23-15-27-21(25)13-5-9-17-7-1-3-11-19(17)29-20-12-4-2-8-18(20)10-6-14-22(26)28-16-24/h1-4,7-8,11-12H,5-6,9-10,13-14H2,(H2,25,27)(H2,26,28). The summed E-state index contributed by atoms with van der Waals surface area (Å²) in [5.41, 5.74) is 2.47. The average Bonchev–Trinajstić information content (AvgIpc) is 2.71. The number of nitriles is 2. The third-order valence-electron chi connectivity index (χ3n) is 4.32. The Morgan fingerprint density at radius 2 is 1.17 bits per heavy atom. The predicted octanol–water partition coefficient (Wildman–Crippen LogP) is 4.58. The van der Waals surface area contributed by atoms with Crippen LogP contribution in [0.5, 0.6) is 0 Å². The first kappa shape index (κ1) is 22.0. The van der Waals surface area contributed by atoms with E-state index in [4.69, 9.17) is 21.3 Å². The molecule has 0 fully saturated rings. The van der Waals surface area contributed by atoms with Crippen LogP contribution in [0.15, 0.2) is 58.3 Å². The summed E-state index contributed by atoms with van der Waals surface area (Å²) in [6.45, 7) is 0. The number of benzene rings is 2. The van der Waals surface area contributed by atoms with Crippen molar-refractivity contribution in [3.63, 3.8) is 0 Å². The molecule has 0 bridgehead atoms. The molecule has 2 aromatic rings. The highest BCUT2D eigenvalue weighted by Crippen LogP contribution is 2.34. The van der Waals surface area contributed by atoms with Crippen molar-refractivity contribution in [1.82, 2.24) is 10.6 Å². The van der Waals surface area contributed by atoms with Gasteiger partial charge in [-0.1, -0.05) is 48.2 Å². The first-order valence-corrected chi connectivity index (χ1v) is 10.2. The van der Waals surface area contributed by atoms with E-state index in [1.54, 1.807) is 24.1 Å². The number of amidine groups is 2. The first-order valence-electron chi connectivity index (χ1n) is 9.42. The third-order valence-corrected chi connectivity index (χ3v) is 5.56. The molecule has 0 radical (unpaired) electrons. The summed E-state index contributed by atoms with van der Waals surface area (Å²) in [5, 5.41) is 37.2. The quantitative estimate of drug-likeness (QED) is 0.200. The molecule has 2 rings (SSSR count). The van der Waals surface area contributed by atoms with Crippen LogP contribution in [-0.2, 0) is 12.8 Å². The second-order valence-electron chi connectivity index (χ2n) is 6.46. The van der Waals surface area contributed by atoms with E-state index in [0.29, 0.717) is 12.8 Å². The van der Waals surface area contributed by atoms with Crippen molar-refractivity contribution in [2.24, 2.45) is 0 Å². The molecule has 2 aromatic carbocycles. The fourth-order valence-electron chi connectivity index (χ4n) is 2.91. The van der Waals surface area contributed by atoms with Crippen LogP contribution in [-0.4, -0.2) is 11.7 Å². The van der Waals surface area contributed by atoms with Crippen molar-refractivity contribution in [3.8, 4) is 12.4 Å². The van der Waals surface area contributed by atoms with Crippen molar-refractivity contribution in [2.75, 3.05) is 0 Å². The minimum Gasteiger partial charge on any atom is -0.288 e. The zero-order valence-electron chi connectivity index (χ0n) is 16.2. The summed E-state index contributed by atoms with van der Waals surface area (Å²) in [7, 11) is 0. The maximum absolute atomic E-state index is 8.57. The Morgan fingerprint density at radius 1 is 0.759 bits per heavy atom. The molecular formula is C22H24N6S. The molecule has 0 aliphatic heterocycles. The Bertz CT molecular complexity index is 850. The Kier molecular flexibility index (Phi) is 9.28. The van der Waals surface area contributed by atoms with Crippen LogP contribution in [0.25, 0.3) is 0 Å². The molecule has 0 amide bonds. The highest BCUT2D eigenvalue weighted by atomic mass is 32.2. The van der Waals surface area contributed by atoms with E-state index in [0.717, 1.165) is 25.7 Å². The van der Waals surface area contributed by atoms with E-state index >= 15 is 0 Å². The summed E-state index contributed by atoms with van der Waals surface area (Å²) < 4.78 is 0. The van der Waals surface area contributed by atoms with Gasteiger partial charge < -0.3 is 0 Å². The lowest BCUT2D eigenvalue weighted by molar-refractivity contribution is 0.830. The minimum absolute atomic E-state index is 0.249. The summed E-state index contributed by atoms with van der Waals surface area (Å²) in [6, 6.07) is 16.6. The van der Waals surface area contributed by atoms with Gasteiger partial charge in [0.05, 0.1) is 0 Å². The zero-order chi connectivity index (χ0) is 20.9. The van der Waals surface area contributed by atoms with Gasteiger partial charge in [0, 0.05) is 22.6 Å². The van der Waals surface area contributed by atoms with Crippen molar-refractivity contribution >= 4 is 23.4 Å². The molecule has 0 spiro atoms. The van der Waals surface area contributed by atoms with Gasteiger partial charge in [-0.2, -0.15) is 10.5 Å². The number of nitrogens with one attached hydrogen (secondary N) is 4. The maximum atomic E-state index is 8.57. The molecule has 0 aliphatic rings. The van der Waals surface area contributed by atoms with Crippen molar-refractivity contribution in [1.29, 1.82) is 21.3 Å². The second kappa shape index (κ2) is 12.2. The fourth-order valence-corrected chi connectivity index (χ4v) is 4.04. The molecule has 0 saturated carbocycles. The zero-order valence-corrected chi connectivity index (χ0v) is 17.0. The molecule has 4 N–H and O–H groups in total. The molecule has 0 aromatic heterocycles.